The first kappa shape index (κ1) is 24.5. The summed E-state index contributed by atoms with van der Waals surface area (Å²) in [5, 5.41) is 10.5. The van der Waals surface area contributed by atoms with E-state index in [9.17, 15) is 4.79 Å². The number of hydrogen-bond acceptors (Lipinski definition) is 8. The predicted octanol–water partition coefficient (Wildman–Crippen LogP) is 5.05. The maximum Gasteiger partial charge on any atom is 0.253 e. The molecule has 0 unspecified atom stereocenters. The molecule has 0 radical (unpaired) electrons. The van der Waals surface area contributed by atoms with E-state index in [-0.39, 0.29) is 11.9 Å². The summed E-state index contributed by atoms with van der Waals surface area (Å²) in [5.41, 5.74) is 9.64. The lowest BCUT2D eigenvalue weighted by Gasteiger charge is -2.27. The van der Waals surface area contributed by atoms with Gasteiger partial charge in [-0.15, -0.1) is 0 Å². The first-order chi connectivity index (χ1) is 18.6. The van der Waals surface area contributed by atoms with Crippen molar-refractivity contribution in [1.82, 2.24) is 14.9 Å². The SMILES string of the molecule is N[C@H]1CC[C@H](Nc2nc(Nc3ccc(C(=O)N4CCCCC4)cc3)c3c(n2)N(c2ccccc2)CN3)CC1. The van der Waals surface area contributed by atoms with E-state index in [2.05, 4.69) is 33.0 Å². The fourth-order valence-electron chi connectivity index (χ4n) is 5.58. The number of hydrogen-bond donors (Lipinski definition) is 4. The van der Waals surface area contributed by atoms with E-state index in [0.29, 0.717) is 24.5 Å². The number of benzene rings is 2. The molecule has 9 heteroatoms. The molecule has 198 valence electrons. The Labute approximate surface area is 223 Å². The summed E-state index contributed by atoms with van der Waals surface area (Å²) in [6.45, 7) is 2.30. The number of anilines is 6. The minimum Gasteiger partial charge on any atom is -0.361 e. The lowest BCUT2D eigenvalue weighted by atomic mass is 9.92. The standard InChI is InChI=1S/C29H36N8O/c30-21-11-15-23(16-12-21)33-29-34-26(25-27(35-29)37(19-31-25)24-7-3-1-4-8-24)32-22-13-9-20(10-14-22)28(38)36-17-5-2-6-18-36/h1,3-4,7-10,13-14,21,23,31H,2,5-6,11-12,15-19,30H2,(H2,32,33,34,35)/t21-,23-. The number of carbonyl (C=O) groups is 1. The van der Waals surface area contributed by atoms with E-state index < -0.39 is 0 Å². The molecule has 2 fully saturated rings. The number of likely N-dealkylation sites (tertiary alicyclic amines) is 1. The highest BCUT2D eigenvalue weighted by atomic mass is 16.2. The molecule has 9 nitrogen and oxygen atoms in total. The van der Waals surface area contributed by atoms with Crippen molar-refractivity contribution in [3.8, 4) is 0 Å². The van der Waals surface area contributed by atoms with Crippen LogP contribution in [0.3, 0.4) is 0 Å². The maximum atomic E-state index is 12.9. The van der Waals surface area contributed by atoms with Gasteiger partial charge < -0.3 is 31.5 Å². The number of aromatic nitrogens is 2. The predicted molar refractivity (Wildman–Crippen MR) is 152 cm³/mol. The van der Waals surface area contributed by atoms with Gasteiger partial charge in [0.25, 0.3) is 5.91 Å². The zero-order valence-electron chi connectivity index (χ0n) is 21.7. The first-order valence-electron chi connectivity index (χ1n) is 13.8. The fourth-order valence-corrected chi connectivity index (χ4v) is 5.58. The molecule has 3 aromatic rings. The van der Waals surface area contributed by atoms with E-state index in [4.69, 9.17) is 15.7 Å². The van der Waals surface area contributed by atoms with Gasteiger partial charge in [-0.05, 0) is 81.3 Å². The number of fused-ring (bicyclic) bond motifs is 1. The van der Waals surface area contributed by atoms with Crippen molar-refractivity contribution >= 4 is 40.6 Å². The highest BCUT2D eigenvalue weighted by molar-refractivity contribution is 5.95. The third-order valence-corrected chi connectivity index (χ3v) is 7.77. The third kappa shape index (κ3) is 5.24. The number of carbonyl (C=O) groups excluding carboxylic acids is 1. The van der Waals surface area contributed by atoms with E-state index in [0.717, 1.165) is 80.1 Å². The van der Waals surface area contributed by atoms with E-state index in [1.54, 1.807) is 0 Å². The van der Waals surface area contributed by atoms with Crippen molar-refractivity contribution < 1.29 is 4.79 Å². The van der Waals surface area contributed by atoms with Gasteiger partial charge in [0.2, 0.25) is 5.95 Å². The minimum absolute atomic E-state index is 0.109. The normalized spacial score (nSPS) is 21.0. The van der Waals surface area contributed by atoms with Crippen LogP contribution in [0.5, 0.6) is 0 Å². The number of nitrogens with zero attached hydrogens (tertiary/aromatic N) is 4. The first-order valence-corrected chi connectivity index (χ1v) is 13.8. The third-order valence-electron chi connectivity index (χ3n) is 7.77. The summed E-state index contributed by atoms with van der Waals surface area (Å²) in [6.07, 6.45) is 7.41. The van der Waals surface area contributed by atoms with E-state index in [1.807, 2.05) is 47.4 Å². The second kappa shape index (κ2) is 10.9. The van der Waals surface area contributed by atoms with Crippen molar-refractivity contribution in [3.63, 3.8) is 0 Å². The Kier molecular flexibility index (Phi) is 7.00. The molecule has 1 saturated carbocycles. The smallest absolute Gasteiger partial charge is 0.253 e. The zero-order valence-corrected chi connectivity index (χ0v) is 21.7. The Balaban J connectivity index is 1.26. The average molecular weight is 513 g/mol. The van der Waals surface area contributed by atoms with Crippen LogP contribution in [-0.4, -0.2) is 52.6 Å². The van der Waals surface area contributed by atoms with Crippen LogP contribution in [0.15, 0.2) is 54.6 Å². The Morgan fingerprint density at radius 2 is 1.66 bits per heavy atom. The number of piperidine rings is 1. The topological polar surface area (TPSA) is 111 Å². The van der Waals surface area contributed by atoms with Gasteiger partial charge in [0.15, 0.2) is 11.6 Å². The van der Waals surface area contributed by atoms with Gasteiger partial charge in [-0.25, -0.2) is 0 Å². The molecule has 0 atom stereocenters. The Morgan fingerprint density at radius 3 is 2.39 bits per heavy atom. The summed E-state index contributed by atoms with van der Waals surface area (Å²) in [6, 6.07) is 18.5. The summed E-state index contributed by atoms with van der Waals surface area (Å²) in [5.74, 6) is 2.26. The second-order valence-electron chi connectivity index (χ2n) is 10.5. The van der Waals surface area contributed by atoms with Crippen LogP contribution in [0.25, 0.3) is 0 Å². The molecule has 6 rings (SSSR count). The molecule has 1 aliphatic carbocycles. The van der Waals surface area contributed by atoms with Gasteiger partial charge in [-0.3, -0.25) is 4.79 Å². The Bertz CT molecular complexity index is 1250. The van der Waals surface area contributed by atoms with Crippen LogP contribution >= 0.6 is 0 Å². The lowest BCUT2D eigenvalue weighted by molar-refractivity contribution is 0.0724. The molecule has 5 N–H and O–H groups in total. The lowest BCUT2D eigenvalue weighted by Crippen LogP contribution is -2.35. The minimum atomic E-state index is 0.109. The molecule has 2 aliphatic heterocycles. The van der Waals surface area contributed by atoms with Gasteiger partial charge in [0.1, 0.15) is 5.69 Å². The number of amides is 1. The van der Waals surface area contributed by atoms with Gasteiger partial charge in [-0.1, -0.05) is 18.2 Å². The molecular weight excluding hydrogens is 476 g/mol. The molecule has 1 amide bonds. The van der Waals surface area contributed by atoms with Crippen LogP contribution in [-0.2, 0) is 0 Å². The molecule has 38 heavy (non-hydrogen) atoms. The highest BCUT2D eigenvalue weighted by Gasteiger charge is 2.28. The van der Waals surface area contributed by atoms with Crippen LogP contribution in [0.1, 0.15) is 55.3 Å². The van der Waals surface area contributed by atoms with Crippen molar-refractivity contribution in [2.24, 2.45) is 5.73 Å². The molecular formula is C29H36N8O. The molecule has 2 aromatic carbocycles. The van der Waals surface area contributed by atoms with Crippen LogP contribution < -0.4 is 26.6 Å². The summed E-state index contributed by atoms with van der Waals surface area (Å²) < 4.78 is 0. The van der Waals surface area contributed by atoms with Gasteiger partial charge >= 0.3 is 0 Å². The number of nitrogens with one attached hydrogen (secondary N) is 3. The number of para-hydroxylation sites is 1. The van der Waals surface area contributed by atoms with Gasteiger partial charge in [-0.2, -0.15) is 9.97 Å². The van der Waals surface area contributed by atoms with Gasteiger partial charge in [0.05, 0.1) is 6.67 Å². The largest absolute Gasteiger partial charge is 0.361 e. The Hall–Kier alpha value is -3.85. The molecule has 1 aromatic heterocycles. The molecule has 1 saturated heterocycles. The Morgan fingerprint density at radius 1 is 0.921 bits per heavy atom. The summed E-state index contributed by atoms with van der Waals surface area (Å²) in [4.78, 5) is 26.8. The second-order valence-corrected chi connectivity index (χ2v) is 10.5. The quantitative estimate of drug-likeness (QED) is 0.363. The van der Waals surface area contributed by atoms with Crippen LogP contribution in [0.2, 0.25) is 0 Å². The molecule has 0 bridgehead atoms. The summed E-state index contributed by atoms with van der Waals surface area (Å²) >= 11 is 0. The van der Waals surface area contributed by atoms with E-state index in [1.165, 1.54) is 6.42 Å². The van der Waals surface area contributed by atoms with Crippen molar-refractivity contribution in [3.05, 3.63) is 60.2 Å². The summed E-state index contributed by atoms with van der Waals surface area (Å²) in [7, 11) is 0. The van der Waals surface area contributed by atoms with E-state index >= 15 is 0 Å². The maximum absolute atomic E-state index is 12.9. The highest BCUT2D eigenvalue weighted by Crippen LogP contribution is 2.41. The average Bonchev–Trinajstić information content (AvgIpc) is 3.40. The van der Waals surface area contributed by atoms with Crippen molar-refractivity contribution in [1.29, 1.82) is 0 Å². The van der Waals surface area contributed by atoms with Crippen LogP contribution in [0, 0.1) is 0 Å². The number of rotatable bonds is 6. The monoisotopic (exact) mass is 512 g/mol. The molecule has 0 spiro atoms. The van der Waals surface area contributed by atoms with Crippen molar-refractivity contribution in [2.75, 3.05) is 40.6 Å². The fraction of sp³-hybridized carbons (Fsp3) is 0.414. The van der Waals surface area contributed by atoms with Gasteiger partial charge in [0, 0.05) is 42.1 Å². The zero-order chi connectivity index (χ0) is 25.9. The van der Waals surface area contributed by atoms with Crippen molar-refractivity contribution in [2.45, 2.75) is 57.0 Å². The molecule has 3 aliphatic rings. The van der Waals surface area contributed by atoms with Crippen LogP contribution in [0.4, 0.5) is 34.6 Å². The number of nitrogens with two attached hydrogens (primary N) is 1. The molecule has 3 heterocycles.